The van der Waals surface area contributed by atoms with Crippen LogP contribution in [0.15, 0.2) is 12.3 Å². The highest BCUT2D eigenvalue weighted by Gasteiger charge is 2.13. The van der Waals surface area contributed by atoms with Gasteiger partial charge in [-0.15, -0.1) is 0 Å². The van der Waals surface area contributed by atoms with Crippen molar-refractivity contribution in [2.45, 2.75) is 6.54 Å². The Morgan fingerprint density at radius 2 is 2.37 bits per heavy atom. The molecule has 0 radical (unpaired) electrons. The van der Waals surface area contributed by atoms with Gasteiger partial charge in [0.05, 0.1) is 18.2 Å². The van der Waals surface area contributed by atoms with Gasteiger partial charge in [0.15, 0.2) is 0 Å². The highest BCUT2D eigenvalue weighted by Crippen LogP contribution is 2.25. The summed E-state index contributed by atoms with van der Waals surface area (Å²) in [5, 5.41) is 3.21. The van der Waals surface area contributed by atoms with E-state index in [1.54, 1.807) is 31.3 Å². The monoisotopic (exact) mass is 286 g/mol. The van der Waals surface area contributed by atoms with Gasteiger partial charge in [-0.25, -0.2) is 4.98 Å². The molecule has 0 aliphatic rings. The molecular weight excluding hydrogens is 268 g/mol. The van der Waals surface area contributed by atoms with Gasteiger partial charge in [-0.3, -0.25) is 4.79 Å². The summed E-state index contributed by atoms with van der Waals surface area (Å²) in [5.41, 5.74) is 6.38. The Labute approximate surface area is 117 Å². The first-order valence-corrected chi connectivity index (χ1v) is 6.28. The fourth-order valence-electron chi connectivity index (χ4n) is 1.53. The van der Waals surface area contributed by atoms with Crippen molar-refractivity contribution in [2.24, 2.45) is 5.73 Å². The molecule has 0 fully saturated rings. The number of rotatable bonds is 7. The van der Waals surface area contributed by atoms with Crippen LogP contribution in [0.3, 0.4) is 0 Å². The van der Waals surface area contributed by atoms with Crippen LogP contribution in [0.25, 0.3) is 0 Å². The molecule has 19 heavy (non-hydrogen) atoms. The number of pyridine rings is 1. The minimum atomic E-state index is -0.115. The van der Waals surface area contributed by atoms with Gasteiger partial charge in [0.2, 0.25) is 5.91 Å². The molecule has 0 aliphatic heterocycles. The van der Waals surface area contributed by atoms with Gasteiger partial charge >= 0.3 is 0 Å². The lowest BCUT2D eigenvalue weighted by atomic mass is 10.2. The summed E-state index contributed by atoms with van der Waals surface area (Å²) in [6.45, 7) is 1.47. The number of carbonyl (C=O) groups is 1. The Kier molecular flexibility index (Phi) is 6.55. The van der Waals surface area contributed by atoms with Crippen molar-refractivity contribution in [3.8, 4) is 0 Å². The van der Waals surface area contributed by atoms with E-state index in [0.29, 0.717) is 30.5 Å². The second kappa shape index (κ2) is 7.93. The van der Waals surface area contributed by atoms with Crippen molar-refractivity contribution in [1.29, 1.82) is 0 Å². The van der Waals surface area contributed by atoms with Crippen LogP contribution in [-0.2, 0) is 16.1 Å². The first kappa shape index (κ1) is 15.7. The van der Waals surface area contributed by atoms with Gasteiger partial charge in [-0.1, -0.05) is 11.6 Å². The number of nitrogens with two attached hydrogens (primary N) is 1. The number of methoxy groups -OCH3 is 1. The van der Waals surface area contributed by atoms with Gasteiger partial charge in [-0.2, -0.15) is 0 Å². The van der Waals surface area contributed by atoms with Crippen molar-refractivity contribution in [3.05, 3.63) is 22.8 Å². The molecule has 0 saturated heterocycles. The lowest BCUT2D eigenvalue weighted by Gasteiger charge is -2.19. The summed E-state index contributed by atoms with van der Waals surface area (Å²) in [7, 11) is 3.34. The number of aromatic nitrogens is 1. The van der Waals surface area contributed by atoms with Crippen LogP contribution in [0, 0.1) is 0 Å². The van der Waals surface area contributed by atoms with Crippen LogP contribution in [0.2, 0.25) is 5.02 Å². The average molecular weight is 287 g/mol. The van der Waals surface area contributed by atoms with Crippen LogP contribution in [0.4, 0.5) is 5.82 Å². The van der Waals surface area contributed by atoms with E-state index in [1.807, 2.05) is 0 Å². The minimum Gasteiger partial charge on any atom is -0.383 e. The highest BCUT2D eigenvalue weighted by atomic mass is 35.5. The number of nitrogens with zero attached hydrogens (tertiary/aromatic N) is 2. The van der Waals surface area contributed by atoms with Crippen LogP contribution in [0.1, 0.15) is 5.56 Å². The molecule has 7 heteroatoms. The quantitative estimate of drug-likeness (QED) is 0.709. The van der Waals surface area contributed by atoms with E-state index in [1.165, 1.54) is 0 Å². The lowest BCUT2D eigenvalue weighted by molar-refractivity contribution is -0.119. The van der Waals surface area contributed by atoms with Crippen molar-refractivity contribution in [1.82, 2.24) is 10.3 Å². The number of nitrogens with one attached hydrogen (secondary N) is 1. The highest BCUT2D eigenvalue weighted by molar-refractivity contribution is 6.33. The fraction of sp³-hybridized carbons (Fsp3) is 0.500. The molecule has 0 atom stereocenters. The average Bonchev–Trinajstić information content (AvgIpc) is 2.39. The maximum absolute atomic E-state index is 11.7. The predicted octanol–water partition coefficient (Wildman–Crippen LogP) is 0.393. The number of hydrogen-bond acceptors (Lipinski definition) is 5. The first-order valence-electron chi connectivity index (χ1n) is 5.90. The van der Waals surface area contributed by atoms with Gasteiger partial charge in [0, 0.05) is 33.4 Å². The third-order valence-electron chi connectivity index (χ3n) is 2.54. The Morgan fingerprint density at radius 1 is 1.63 bits per heavy atom. The summed E-state index contributed by atoms with van der Waals surface area (Å²) in [6, 6.07) is 1.76. The Bertz CT molecular complexity index is 428. The first-order chi connectivity index (χ1) is 9.10. The number of amides is 1. The predicted molar refractivity (Wildman–Crippen MR) is 75.3 cm³/mol. The van der Waals surface area contributed by atoms with Crippen molar-refractivity contribution < 1.29 is 9.53 Å². The second-order valence-electron chi connectivity index (χ2n) is 4.01. The Hall–Kier alpha value is -1.37. The minimum absolute atomic E-state index is 0.115. The van der Waals surface area contributed by atoms with E-state index in [2.05, 4.69) is 10.3 Å². The van der Waals surface area contributed by atoms with E-state index in [0.717, 1.165) is 5.56 Å². The maximum Gasteiger partial charge on any atom is 0.239 e. The molecule has 1 aromatic heterocycles. The zero-order valence-corrected chi connectivity index (χ0v) is 11.9. The van der Waals surface area contributed by atoms with Crippen molar-refractivity contribution in [3.63, 3.8) is 0 Å². The van der Waals surface area contributed by atoms with E-state index >= 15 is 0 Å². The summed E-state index contributed by atoms with van der Waals surface area (Å²) in [4.78, 5) is 17.5. The van der Waals surface area contributed by atoms with Crippen molar-refractivity contribution >= 4 is 23.3 Å². The number of hydrogen-bond donors (Lipinski definition) is 2. The van der Waals surface area contributed by atoms with E-state index in [-0.39, 0.29) is 12.5 Å². The maximum atomic E-state index is 11.7. The summed E-state index contributed by atoms with van der Waals surface area (Å²) < 4.78 is 4.86. The molecular formula is C12H19ClN4O2. The molecule has 3 N–H and O–H groups in total. The van der Waals surface area contributed by atoms with E-state index in [9.17, 15) is 4.79 Å². The van der Waals surface area contributed by atoms with Gasteiger partial charge < -0.3 is 20.7 Å². The molecule has 106 valence electrons. The number of likely N-dealkylation sites (N-methyl/N-ethyl adjacent to an activating group) is 1. The van der Waals surface area contributed by atoms with Gasteiger partial charge in [0.25, 0.3) is 0 Å². The molecule has 6 nitrogen and oxygen atoms in total. The third-order valence-corrected chi connectivity index (χ3v) is 2.95. The topological polar surface area (TPSA) is 80.5 Å². The number of halogens is 1. The largest absolute Gasteiger partial charge is 0.383 e. The molecule has 1 aromatic rings. The molecule has 0 aliphatic carbocycles. The van der Waals surface area contributed by atoms with Gasteiger partial charge in [-0.05, 0) is 11.6 Å². The zero-order chi connectivity index (χ0) is 14.3. The molecule has 0 unspecified atom stereocenters. The smallest absolute Gasteiger partial charge is 0.239 e. The summed E-state index contributed by atoms with van der Waals surface area (Å²) in [5.74, 6) is 0.432. The molecule has 1 heterocycles. The molecule has 0 spiro atoms. The van der Waals surface area contributed by atoms with Crippen LogP contribution in [0.5, 0.6) is 0 Å². The molecule has 0 bridgehead atoms. The standard InChI is InChI=1S/C12H19ClN4O2/c1-17(8-10(18)15-5-6-19-2)12-11(13)9(7-14)3-4-16-12/h3-4H,5-8,14H2,1-2H3,(H,15,18). The normalized spacial score (nSPS) is 10.3. The number of anilines is 1. The zero-order valence-electron chi connectivity index (χ0n) is 11.1. The van der Waals surface area contributed by atoms with Gasteiger partial charge in [0.1, 0.15) is 5.82 Å². The Morgan fingerprint density at radius 3 is 3.00 bits per heavy atom. The SMILES string of the molecule is COCCNC(=O)CN(C)c1nccc(CN)c1Cl. The Balaban J connectivity index is 2.62. The molecule has 0 saturated carbocycles. The number of carbonyl (C=O) groups excluding carboxylic acids is 1. The van der Waals surface area contributed by atoms with E-state index < -0.39 is 0 Å². The van der Waals surface area contributed by atoms with Crippen LogP contribution >= 0.6 is 11.6 Å². The number of ether oxygens (including phenoxy) is 1. The summed E-state index contributed by atoms with van der Waals surface area (Å²) >= 11 is 6.18. The van der Waals surface area contributed by atoms with Crippen LogP contribution in [-0.4, -0.2) is 44.7 Å². The molecule has 1 amide bonds. The third kappa shape index (κ3) is 4.66. The fourth-order valence-corrected chi connectivity index (χ4v) is 1.87. The van der Waals surface area contributed by atoms with E-state index in [4.69, 9.17) is 22.1 Å². The summed E-state index contributed by atoms with van der Waals surface area (Å²) in [6.07, 6.45) is 1.63. The second-order valence-corrected chi connectivity index (χ2v) is 4.39. The van der Waals surface area contributed by atoms with Crippen LogP contribution < -0.4 is 16.0 Å². The molecule has 1 rings (SSSR count). The lowest BCUT2D eigenvalue weighted by Crippen LogP contribution is -2.37. The van der Waals surface area contributed by atoms with Crippen molar-refractivity contribution in [2.75, 3.05) is 38.8 Å². The molecule has 0 aromatic carbocycles.